The van der Waals surface area contributed by atoms with Crippen LogP contribution in [0.15, 0.2) is 48.5 Å². The molecule has 24 heavy (non-hydrogen) atoms. The lowest BCUT2D eigenvalue weighted by atomic mass is 10.1. The summed E-state index contributed by atoms with van der Waals surface area (Å²) in [4.78, 5) is 26.3. The summed E-state index contributed by atoms with van der Waals surface area (Å²) in [5, 5.41) is 0. The number of hydrogen-bond acceptors (Lipinski definition) is 2. The molecular weight excluding hydrogens is 307 g/mol. The average molecular weight is 324 g/mol. The maximum absolute atomic E-state index is 13.4. The first-order valence-electron chi connectivity index (χ1n) is 8.02. The topological polar surface area (TPSA) is 63.4 Å². The summed E-state index contributed by atoms with van der Waals surface area (Å²) in [6.07, 6.45) is 1.13. The molecule has 122 valence electrons. The maximum atomic E-state index is 13.4. The van der Waals surface area contributed by atoms with Crippen molar-refractivity contribution in [3.8, 4) is 0 Å². The minimum absolute atomic E-state index is 0.00879. The summed E-state index contributed by atoms with van der Waals surface area (Å²) in [5.41, 5.74) is 8.06. The smallest absolute Gasteiger partial charge is 0.240 e. The Kier molecular flexibility index (Phi) is 3.37. The van der Waals surface area contributed by atoms with Gasteiger partial charge in [-0.25, -0.2) is 4.39 Å². The molecule has 2 N–H and O–H groups in total. The molecule has 1 aliphatic carbocycles. The van der Waals surface area contributed by atoms with E-state index in [1.165, 1.54) is 12.1 Å². The Morgan fingerprint density at radius 3 is 2.67 bits per heavy atom. The van der Waals surface area contributed by atoms with E-state index in [1.54, 1.807) is 11.0 Å². The summed E-state index contributed by atoms with van der Waals surface area (Å²) in [5.74, 6) is -1.11. The molecule has 0 bridgehead atoms. The molecule has 5 heteroatoms. The van der Waals surface area contributed by atoms with E-state index in [0.717, 1.165) is 16.8 Å². The first kappa shape index (κ1) is 14.9. The number of rotatable bonds is 3. The average Bonchev–Trinajstić information content (AvgIpc) is 3.27. The Morgan fingerprint density at radius 2 is 1.92 bits per heavy atom. The van der Waals surface area contributed by atoms with Crippen molar-refractivity contribution < 1.29 is 14.0 Å². The highest BCUT2D eigenvalue weighted by atomic mass is 19.1. The molecular formula is C19H17FN2O2. The van der Waals surface area contributed by atoms with Gasteiger partial charge in [-0.1, -0.05) is 30.3 Å². The van der Waals surface area contributed by atoms with Crippen LogP contribution >= 0.6 is 0 Å². The second-order valence-electron chi connectivity index (χ2n) is 6.46. The summed E-state index contributed by atoms with van der Waals surface area (Å²) < 4.78 is 13.4. The normalized spacial score (nSPS) is 24.5. The molecule has 2 aromatic carbocycles. The number of anilines is 1. The van der Waals surface area contributed by atoms with E-state index in [9.17, 15) is 14.0 Å². The van der Waals surface area contributed by atoms with Crippen molar-refractivity contribution in [2.75, 3.05) is 4.90 Å². The first-order valence-corrected chi connectivity index (χ1v) is 8.02. The second-order valence-corrected chi connectivity index (χ2v) is 6.46. The van der Waals surface area contributed by atoms with E-state index < -0.39 is 11.9 Å². The third-order valence-electron chi connectivity index (χ3n) is 4.93. The molecule has 0 aromatic heterocycles. The van der Waals surface area contributed by atoms with E-state index in [0.29, 0.717) is 12.8 Å². The fourth-order valence-electron chi connectivity index (χ4n) is 3.64. The summed E-state index contributed by atoms with van der Waals surface area (Å²) >= 11 is 0. The van der Waals surface area contributed by atoms with Crippen LogP contribution < -0.4 is 10.6 Å². The molecule has 2 aromatic rings. The van der Waals surface area contributed by atoms with Crippen molar-refractivity contribution in [2.24, 2.45) is 11.7 Å². The van der Waals surface area contributed by atoms with Gasteiger partial charge in [0.05, 0.1) is 0 Å². The summed E-state index contributed by atoms with van der Waals surface area (Å²) in [6.45, 7) is 0. The number of amides is 2. The third-order valence-corrected chi connectivity index (χ3v) is 4.93. The molecule has 0 radical (unpaired) electrons. The first-order chi connectivity index (χ1) is 11.6. The number of hydrogen-bond donors (Lipinski definition) is 1. The molecule has 1 heterocycles. The van der Waals surface area contributed by atoms with Crippen molar-refractivity contribution in [1.29, 1.82) is 0 Å². The van der Waals surface area contributed by atoms with Crippen molar-refractivity contribution in [3.05, 3.63) is 65.5 Å². The van der Waals surface area contributed by atoms with Gasteiger partial charge in [-0.05, 0) is 41.7 Å². The largest absolute Gasteiger partial charge is 0.368 e. The van der Waals surface area contributed by atoms with Crippen molar-refractivity contribution >= 4 is 17.5 Å². The fourth-order valence-corrected chi connectivity index (χ4v) is 3.64. The lowest BCUT2D eigenvalue weighted by Gasteiger charge is -2.23. The van der Waals surface area contributed by atoms with Gasteiger partial charge in [0.1, 0.15) is 11.9 Å². The zero-order valence-electron chi connectivity index (χ0n) is 13.0. The molecule has 2 aliphatic rings. The van der Waals surface area contributed by atoms with Crippen molar-refractivity contribution in [3.63, 3.8) is 0 Å². The molecule has 4 nitrogen and oxygen atoms in total. The Balaban J connectivity index is 1.61. The van der Waals surface area contributed by atoms with E-state index in [4.69, 9.17) is 5.73 Å². The quantitative estimate of drug-likeness (QED) is 0.942. The van der Waals surface area contributed by atoms with Crippen LogP contribution in [0.4, 0.5) is 10.1 Å². The molecule has 1 fully saturated rings. The molecule has 0 unspecified atom stereocenters. The van der Waals surface area contributed by atoms with Gasteiger partial charge >= 0.3 is 0 Å². The Labute approximate surface area is 139 Å². The highest BCUT2D eigenvalue weighted by molar-refractivity contribution is 6.05. The second kappa shape index (κ2) is 5.44. The highest BCUT2D eigenvalue weighted by Crippen LogP contribution is 2.50. The highest BCUT2D eigenvalue weighted by Gasteiger charge is 2.49. The number of primary amides is 1. The number of carbonyl (C=O) groups excluding carboxylic acids is 2. The number of halogens is 1. The standard InChI is InChI=1S/C19H17FN2O2/c20-13-6-3-5-11(8-13)14-10-15(14)19(24)22-16-7-2-1-4-12(16)9-17(22)18(21)23/h1-8,14-15,17H,9-10H2,(H2,21,23)/t14-,15+,17+/m1/s1. The van der Waals surface area contributed by atoms with Crippen LogP contribution in [-0.4, -0.2) is 17.9 Å². The molecule has 0 spiro atoms. The van der Waals surface area contributed by atoms with Gasteiger partial charge in [-0.2, -0.15) is 0 Å². The Morgan fingerprint density at radius 1 is 1.12 bits per heavy atom. The molecule has 3 atom stereocenters. The summed E-state index contributed by atoms with van der Waals surface area (Å²) in [7, 11) is 0. The molecule has 4 rings (SSSR count). The number of carbonyl (C=O) groups is 2. The zero-order valence-corrected chi connectivity index (χ0v) is 13.0. The van der Waals surface area contributed by atoms with Crippen molar-refractivity contribution in [1.82, 2.24) is 0 Å². The lowest BCUT2D eigenvalue weighted by molar-refractivity contribution is -0.125. The van der Waals surface area contributed by atoms with Crippen molar-refractivity contribution in [2.45, 2.75) is 24.8 Å². The monoisotopic (exact) mass is 324 g/mol. The number of benzene rings is 2. The zero-order chi connectivity index (χ0) is 16.8. The van der Waals surface area contributed by atoms with E-state index >= 15 is 0 Å². The van der Waals surface area contributed by atoms with Crippen LogP contribution in [0.3, 0.4) is 0 Å². The van der Waals surface area contributed by atoms with Gasteiger partial charge in [0.2, 0.25) is 11.8 Å². The predicted octanol–water partition coefficient (Wildman–Crippen LogP) is 2.37. The molecule has 0 saturated heterocycles. The molecule has 2 amide bonds. The van der Waals surface area contributed by atoms with Crippen LogP contribution in [0.1, 0.15) is 23.5 Å². The van der Waals surface area contributed by atoms with Crippen LogP contribution in [0.25, 0.3) is 0 Å². The van der Waals surface area contributed by atoms with Gasteiger partial charge < -0.3 is 5.73 Å². The van der Waals surface area contributed by atoms with Gasteiger partial charge in [-0.15, -0.1) is 0 Å². The predicted molar refractivity (Wildman–Crippen MR) is 87.9 cm³/mol. The SMILES string of the molecule is NC(=O)[C@@H]1Cc2ccccc2N1C(=O)[C@H]1C[C@@H]1c1cccc(F)c1. The minimum atomic E-state index is -0.636. The maximum Gasteiger partial charge on any atom is 0.240 e. The van der Waals surface area contributed by atoms with Gasteiger partial charge in [0.25, 0.3) is 0 Å². The van der Waals surface area contributed by atoms with Crippen LogP contribution in [0, 0.1) is 11.7 Å². The van der Waals surface area contributed by atoms with E-state index in [2.05, 4.69) is 0 Å². The van der Waals surface area contributed by atoms with Crippen LogP contribution in [-0.2, 0) is 16.0 Å². The summed E-state index contributed by atoms with van der Waals surface area (Å²) in [6, 6.07) is 13.2. The fraction of sp³-hybridized carbons (Fsp3) is 0.263. The van der Waals surface area contributed by atoms with E-state index in [-0.39, 0.29) is 23.6 Å². The third kappa shape index (κ3) is 2.37. The molecule has 1 saturated carbocycles. The number of nitrogens with zero attached hydrogens (tertiary/aromatic N) is 1. The molecule has 1 aliphatic heterocycles. The van der Waals surface area contributed by atoms with Gasteiger partial charge in [0.15, 0.2) is 0 Å². The number of para-hydroxylation sites is 1. The van der Waals surface area contributed by atoms with E-state index in [1.807, 2.05) is 30.3 Å². The van der Waals surface area contributed by atoms with Crippen LogP contribution in [0.5, 0.6) is 0 Å². The van der Waals surface area contributed by atoms with Gasteiger partial charge in [-0.3, -0.25) is 14.5 Å². The lowest BCUT2D eigenvalue weighted by Crippen LogP contribution is -2.46. The number of fused-ring (bicyclic) bond motifs is 1. The Bertz CT molecular complexity index is 836. The van der Waals surface area contributed by atoms with Gasteiger partial charge in [0, 0.05) is 18.0 Å². The minimum Gasteiger partial charge on any atom is -0.368 e. The number of nitrogens with two attached hydrogens (primary N) is 1. The Hall–Kier alpha value is -2.69. The van der Waals surface area contributed by atoms with Crippen LogP contribution in [0.2, 0.25) is 0 Å².